The molecule has 18 heavy (non-hydrogen) atoms. The molecule has 1 aromatic carbocycles. The van der Waals surface area contributed by atoms with Crippen molar-refractivity contribution in [3.8, 4) is 6.07 Å². The minimum atomic E-state index is -1.02. The van der Waals surface area contributed by atoms with Crippen LogP contribution < -0.4 is 5.32 Å². The largest absolute Gasteiger partial charge is 0.298 e. The van der Waals surface area contributed by atoms with Gasteiger partial charge in [-0.05, 0) is 24.6 Å². The molecule has 0 aliphatic heterocycles. The summed E-state index contributed by atoms with van der Waals surface area (Å²) in [7, 11) is 0. The van der Waals surface area contributed by atoms with Gasteiger partial charge in [0, 0.05) is 17.0 Å². The van der Waals surface area contributed by atoms with Gasteiger partial charge in [-0.1, -0.05) is 17.2 Å². The normalized spacial score (nSPS) is 11.4. The number of benzene rings is 1. The van der Waals surface area contributed by atoms with E-state index >= 15 is 0 Å². The van der Waals surface area contributed by atoms with Crippen LogP contribution in [0.25, 0.3) is 10.4 Å². The van der Waals surface area contributed by atoms with Gasteiger partial charge in [0.2, 0.25) is 0 Å². The number of hydrogen-bond donors (Lipinski definition) is 1. The lowest BCUT2D eigenvalue weighted by molar-refractivity contribution is 0.484. The van der Waals surface area contributed by atoms with Crippen molar-refractivity contribution in [3.05, 3.63) is 45.8 Å². The predicted octanol–water partition coefficient (Wildman–Crippen LogP) is 2.82. The maximum atomic E-state index is 13.4. The third-order valence-electron chi connectivity index (χ3n) is 2.27. The fourth-order valence-corrected chi connectivity index (χ4v) is 1.41. The first kappa shape index (κ1) is 13.9. The molecule has 0 aliphatic carbocycles. The molecule has 1 N–H and O–H groups in total. The fraction of sp³-hybridized carbons (Fsp3) is 0.364. The van der Waals surface area contributed by atoms with E-state index in [-0.39, 0.29) is 12.1 Å². The first-order valence-electron chi connectivity index (χ1n) is 5.28. The lowest BCUT2D eigenvalue weighted by Gasteiger charge is -2.12. The quantitative estimate of drug-likeness (QED) is 0.365. The van der Waals surface area contributed by atoms with E-state index in [1.54, 1.807) is 0 Å². The molecule has 0 heterocycles. The van der Waals surface area contributed by atoms with Crippen LogP contribution in [0.5, 0.6) is 0 Å². The summed E-state index contributed by atoms with van der Waals surface area (Å²) in [5.41, 5.74) is 8.03. The van der Waals surface area contributed by atoms with Crippen molar-refractivity contribution in [2.24, 2.45) is 5.11 Å². The van der Waals surface area contributed by atoms with Crippen molar-refractivity contribution < 1.29 is 8.78 Å². The van der Waals surface area contributed by atoms with E-state index in [1.165, 1.54) is 12.1 Å². The van der Waals surface area contributed by atoms with Gasteiger partial charge in [0.05, 0.1) is 6.07 Å². The summed E-state index contributed by atoms with van der Waals surface area (Å²) in [6, 6.07) is 4.63. The van der Waals surface area contributed by atoms with Crippen LogP contribution in [-0.2, 0) is 0 Å². The van der Waals surface area contributed by atoms with Gasteiger partial charge in [0.15, 0.2) is 11.6 Å². The smallest absolute Gasteiger partial charge is 0.164 e. The molecule has 94 valence electrons. The van der Waals surface area contributed by atoms with Crippen molar-refractivity contribution in [1.82, 2.24) is 5.32 Å². The van der Waals surface area contributed by atoms with E-state index in [2.05, 4.69) is 15.3 Å². The summed E-state index contributed by atoms with van der Waals surface area (Å²) < 4.78 is 26.4. The monoisotopic (exact) mass is 251 g/mol. The number of hydrogen-bond acceptors (Lipinski definition) is 3. The standard InChI is InChI=1S/C11H11F2N5/c12-9-4-1-3-8(11(9)13)10(7-14)16-5-2-6-17-18-15/h1,3-4,10,16H,2,5-6H2. The number of halogens is 2. The van der Waals surface area contributed by atoms with Crippen LogP contribution in [0.1, 0.15) is 18.0 Å². The number of nitrogens with one attached hydrogen (secondary N) is 1. The first-order valence-corrected chi connectivity index (χ1v) is 5.28. The molecule has 5 nitrogen and oxygen atoms in total. The molecule has 0 aliphatic rings. The van der Waals surface area contributed by atoms with Gasteiger partial charge in [0.1, 0.15) is 6.04 Å². The zero-order valence-corrected chi connectivity index (χ0v) is 9.48. The molecular formula is C11H11F2N5. The summed E-state index contributed by atoms with van der Waals surface area (Å²) >= 11 is 0. The summed E-state index contributed by atoms with van der Waals surface area (Å²) in [5.74, 6) is -2.00. The molecule has 0 amide bonds. The van der Waals surface area contributed by atoms with Crippen LogP contribution in [0.3, 0.4) is 0 Å². The number of nitrogens with zero attached hydrogens (tertiary/aromatic N) is 4. The van der Waals surface area contributed by atoms with E-state index in [4.69, 9.17) is 10.8 Å². The zero-order valence-electron chi connectivity index (χ0n) is 9.48. The van der Waals surface area contributed by atoms with Crippen LogP contribution in [0, 0.1) is 23.0 Å². The minimum Gasteiger partial charge on any atom is -0.298 e. The SMILES string of the molecule is N#CC(NCCCN=[N+]=[N-])c1cccc(F)c1F. The van der Waals surface area contributed by atoms with Crippen LogP contribution in [0.4, 0.5) is 8.78 Å². The molecule has 1 atom stereocenters. The third-order valence-corrected chi connectivity index (χ3v) is 2.27. The maximum absolute atomic E-state index is 13.4. The molecule has 0 fully saturated rings. The van der Waals surface area contributed by atoms with Gasteiger partial charge in [-0.15, -0.1) is 0 Å². The predicted molar refractivity (Wildman–Crippen MR) is 61.3 cm³/mol. The van der Waals surface area contributed by atoms with Crippen molar-refractivity contribution >= 4 is 0 Å². The molecule has 7 heteroatoms. The average molecular weight is 251 g/mol. The topological polar surface area (TPSA) is 84.6 Å². The van der Waals surface area contributed by atoms with E-state index < -0.39 is 17.7 Å². The molecule has 1 unspecified atom stereocenters. The Morgan fingerprint density at radius 3 is 2.94 bits per heavy atom. The molecule has 0 saturated heterocycles. The van der Waals surface area contributed by atoms with Crippen LogP contribution in [0.15, 0.2) is 23.3 Å². The molecule has 0 bridgehead atoms. The van der Waals surface area contributed by atoms with Gasteiger partial charge in [0.25, 0.3) is 0 Å². The molecule has 0 aromatic heterocycles. The van der Waals surface area contributed by atoms with Gasteiger partial charge in [-0.3, -0.25) is 5.32 Å². The first-order chi connectivity index (χ1) is 8.70. The minimum absolute atomic E-state index is 0.0266. The van der Waals surface area contributed by atoms with Gasteiger partial charge in [-0.2, -0.15) is 5.26 Å². The van der Waals surface area contributed by atoms with Gasteiger partial charge < -0.3 is 0 Å². The summed E-state index contributed by atoms with van der Waals surface area (Å²) in [6.07, 6.45) is 0.513. The van der Waals surface area contributed by atoms with Crippen LogP contribution >= 0.6 is 0 Å². The van der Waals surface area contributed by atoms with E-state index in [0.29, 0.717) is 13.0 Å². The molecule has 0 spiro atoms. The Kier molecular flexibility index (Phi) is 5.58. The second-order valence-electron chi connectivity index (χ2n) is 3.47. The highest BCUT2D eigenvalue weighted by atomic mass is 19.2. The zero-order chi connectivity index (χ0) is 13.4. The second kappa shape index (κ2) is 7.22. The fourth-order valence-electron chi connectivity index (χ4n) is 1.41. The second-order valence-corrected chi connectivity index (χ2v) is 3.47. The molecule has 0 saturated carbocycles. The Labute approximate surface area is 103 Å². The Hall–Kier alpha value is -2.16. The van der Waals surface area contributed by atoms with Crippen molar-refractivity contribution in [2.75, 3.05) is 13.1 Å². The van der Waals surface area contributed by atoms with E-state index in [0.717, 1.165) is 6.07 Å². The van der Waals surface area contributed by atoms with Gasteiger partial charge in [-0.25, -0.2) is 8.78 Å². The molecule has 1 rings (SSSR count). The van der Waals surface area contributed by atoms with Crippen molar-refractivity contribution in [3.63, 3.8) is 0 Å². The van der Waals surface area contributed by atoms with E-state index in [1.807, 2.05) is 6.07 Å². The van der Waals surface area contributed by atoms with Crippen molar-refractivity contribution in [2.45, 2.75) is 12.5 Å². The lowest BCUT2D eigenvalue weighted by Crippen LogP contribution is -2.22. The van der Waals surface area contributed by atoms with Gasteiger partial charge >= 0.3 is 0 Å². The van der Waals surface area contributed by atoms with E-state index in [9.17, 15) is 8.78 Å². The molecule has 0 radical (unpaired) electrons. The Balaban J connectivity index is 2.64. The lowest BCUT2D eigenvalue weighted by atomic mass is 10.1. The Bertz CT molecular complexity index is 491. The summed E-state index contributed by atoms with van der Waals surface area (Å²) in [5, 5.41) is 15.0. The average Bonchev–Trinajstić information content (AvgIpc) is 2.38. The Morgan fingerprint density at radius 1 is 1.50 bits per heavy atom. The molecule has 1 aromatic rings. The highest BCUT2D eigenvalue weighted by molar-refractivity contribution is 5.26. The third kappa shape index (κ3) is 3.70. The molecular weight excluding hydrogens is 240 g/mol. The van der Waals surface area contributed by atoms with Crippen LogP contribution in [0.2, 0.25) is 0 Å². The maximum Gasteiger partial charge on any atom is 0.164 e. The number of rotatable bonds is 6. The highest BCUT2D eigenvalue weighted by Crippen LogP contribution is 2.18. The number of azide groups is 1. The summed E-state index contributed by atoms with van der Waals surface area (Å²) in [4.78, 5) is 2.58. The summed E-state index contributed by atoms with van der Waals surface area (Å²) in [6.45, 7) is 0.653. The highest BCUT2D eigenvalue weighted by Gasteiger charge is 2.16. The van der Waals surface area contributed by atoms with Crippen LogP contribution in [-0.4, -0.2) is 13.1 Å². The van der Waals surface area contributed by atoms with Crippen molar-refractivity contribution in [1.29, 1.82) is 5.26 Å². The Morgan fingerprint density at radius 2 is 2.28 bits per heavy atom. The number of nitriles is 1.